The lowest BCUT2D eigenvalue weighted by molar-refractivity contribution is 0.0282. The molecule has 0 radical (unpaired) electrons. The van der Waals surface area contributed by atoms with Gasteiger partial charge in [-0.1, -0.05) is 31.4 Å². The first-order valence-electron chi connectivity index (χ1n) is 10.7. The number of ether oxygens (including phenoxy) is 1. The van der Waals surface area contributed by atoms with Crippen molar-refractivity contribution in [3.05, 3.63) is 41.3 Å². The standard InChI is InChI=1S/C22H27ClF2N8O/c1-4-5-6-8-22(24,25)15(26)11-16(27)31-21-32-20-19(33(21)3)18(23)14(12-30-20)34-13-7-9-29-17(10-13)28-2/h7,9-12H,4-6,8,26H2,1-3H3,(H,28,29)(H2,27,30,31,32)/b15-11-. The number of anilines is 1. The molecule has 0 aromatic carbocycles. The summed E-state index contributed by atoms with van der Waals surface area (Å²) in [6.45, 7) is 1.94. The topological polar surface area (TPSA) is 129 Å². The van der Waals surface area contributed by atoms with E-state index < -0.39 is 11.6 Å². The van der Waals surface area contributed by atoms with Crippen LogP contribution in [0.1, 0.15) is 32.6 Å². The minimum atomic E-state index is -3.17. The van der Waals surface area contributed by atoms with Crippen LogP contribution in [-0.4, -0.2) is 38.3 Å². The van der Waals surface area contributed by atoms with E-state index >= 15 is 0 Å². The first kappa shape index (κ1) is 25.2. The van der Waals surface area contributed by atoms with Crippen molar-refractivity contribution in [3.8, 4) is 11.5 Å². The Bertz CT molecular complexity index is 1230. The molecule has 0 bridgehead atoms. The van der Waals surface area contributed by atoms with E-state index in [1.165, 1.54) is 6.20 Å². The fraction of sp³-hybridized carbons (Fsp3) is 0.364. The number of aromatic nitrogens is 4. The molecular formula is C22H27ClF2N8O. The van der Waals surface area contributed by atoms with E-state index in [1.54, 1.807) is 37.0 Å². The van der Waals surface area contributed by atoms with Crippen molar-refractivity contribution in [3.63, 3.8) is 0 Å². The molecular weight excluding hydrogens is 466 g/mol. The maximum atomic E-state index is 14.2. The number of rotatable bonds is 10. The van der Waals surface area contributed by atoms with Crippen LogP contribution in [0.5, 0.6) is 11.5 Å². The Labute approximate surface area is 200 Å². The average molecular weight is 493 g/mol. The number of allylic oxidation sites excluding steroid dienone is 1. The number of alkyl halides is 2. The van der Waals surface area contributed by atoms with Crippen LogP contribution < -0.4 is 21.5 Å². The number of nitrogens with two attached hydrogens (primary N) is 2. The molecule has 0 aliphatic carbocycles. The summed E-state index contributed by atoms with van der Waals surface area (Å²) >= 11 is 6.56. The van der Waals surface area contributed by atoms with E-state index in [1.807, 2.05) is 6.92 Å². The molecule has 0 amide bonds. The van der Waals surface area contributed by atoms with Gasteiger partial charge in [0.15, 0.2) is 11.4 Å². The molecule has 5 N–H and O–H groups in total. The molecule has 3 heterocycles. The van der Waals surface area contributed by atoms with Gasteiger partial charge in [0.2, 0.25) is 5.95 Å². The number of hydrogen-bond acceptors (Lipinski definition) is 7. The average Bonchev–Trinajstić information content (AvgIpc) is 3.11. The molecule has 12 heteroatoms. The number of fused-ring (bicyclic) bond motifs is 1. The maximum Gasteiger partial charge on any atom is 0.287 e. The van der Waals surface area contributed by atoms with E-state index in [9.17, 15) is 8.78 Å². The van der Waals surface area contributed by atoms with Gasteiger partial charge in [0, 0.05) is 38.9 Å². The number of imidazole rings is 1. The van der Waals surface area contributed by atoms with Crippen molar-refractivity contribution >= 4 is 40.4 Å². The number of unbranched alkanes of at least 4 members (excludes halogenated alkanes) is 2. The Balaban J connectivity index is 1.88. The fourth-order valence-corrected chi connectivity index (χ4v) is 3.46. The molecule has 3 aromatic rings. The van der Waals surface area contributed by atoms with E-state index in [2.05, 4.69) is 25.3 Å². The molecule has 3 rings (SSSR count). The summed E-state index contributed by atoms with van der Waals surface area (Å²) < 4.78 is 35.9. The SMILES string of the molecule is CCCCCC(F)(F)/C(N)=C/C(N)=Nc1nc2ncc(Oc3ccnc(NC)c3)c(Cl)c2n1C. The minimum absolute atomic E-state index is 0.124. The van der Waals surface area contributed by atoms with Crippen LogP contribution in [-0.2, 0) is 7.05 Å². The van der Waals surface area contributed by atoms with Crippen molar-refractivity contribution in [2.75, 3.05) is 12.4 Å². The zero-order valence-corrected chi connectivity index (χ0v) is 19.9. The zero-order chi connectivity index (χ0) is 24.9. The van der Waals surface area contributed by atoms with Gasteiger partial charge in [-0.2, -0.15) is 18.8 Å². The highest BCUT2D eigenvalue weighted by Crippen LogP contribution is 2.36. The first-order valence-corrected chi connectivity index (χ1v) is 11.1. The molecule has 0 spiro atoms. The molecule has 0 fully saturated rings. The lowest BCUT2D eigenvalue weighted by Gasteiger charge is -2.16. The molecule has 9 nitrogen and oxygen atoms in total. The van der Waals surface area contributed by atoms with E-state index in [0.717, 1.165) is 12.5 Å². The molecule has 0 unspecified atom stereocenters. The Kier molecular flexibility index (Phi) is 7.87. The van der Waals surface area contributed by atoms with E-state index in [0.29, 0.717) is 41.3 Å². The van der Waals surface area contributed by atoms with Crippen LogP contribution in [0.3, 0.4) is 0 Å². The Morgan fingerprint density at radius 1 is 1.32 bits per heavy atom. The number of aryl methyl sites for hydroxylation is 1. The van der Waals surface area contributed by atoms with Gasteiger partial charge in [0.05, 0.1) is 11.9 Å². The van der Waals surface area contributed by atoms with Crippen LogP contribution in [0.25, 0.3) is 11.2 Å². The molecule has 0 saturated carbocycles. The highest BCUT2D eigenvalue weighted by atomic mass is 35.5. The van der Waals surface area contributed by atoms with Crippen LogP contribution in [0, 0.1) is 0 Å². The van der Waals surface area contributed by atoms with Gasteiger partial charge in [-0.3, -0.25) is 0 Å². The third-order valence-corrected chi connectivity index (χ3v) is 5.41. The van der Waals surface area contributed by atoms with Crippen molar-refractivity contribution in [1.82, 2.24) is 19.5 Å². The van der Waals surface area contributed by atoms with Crippen LogP contribution in [0.2, 0.25) is 5.02 Å². The van der Waals surface area contributed by atoms with Gasteiger partial charge >= 0.3 is 0 Å². The van der Waals surface area contributed by atoms with Crippen LogP contribution in [0.4, 0.5) is 20.5 Å². The van der Waals surface area contributed by atoms with E-state index in [-0.39, 0.29) is 23.2 Å². The van der Waals surface area contributed by atoms with Gasteiger partial charge in [0.25, 0.3) is 5.92 Å². The van der Waals surface area contributed by atoms with Crippen molar-refractivity contribution < 1.29 is 13.5 Å². The Morgan fingerprint density at radius 3 is 2.79 bits per heavy atom. The summed E-state index contributed by atoms with van der Waals surface area (Å²) in [6, 6.07) is 3.38. The van der Waals surface area contributed by atoms with Crippen LogP contribution >= 0.6 is 11.6 Å². The number of amidine groups is 1. The largest absolute Gasteiger partial charge is 0.454 e. The third kappa shape index (κ3) is 5.71. The fourth-order valence-electron chi connectivity index (χ4n) is 3.16. The number of pyridine rings is 2. The summed E-state index contributed by atoms with van der Waals surface area (Å²) in [6.07, 6.45) is 5.53. The normalized spacial score (nSPS) is 12.9. The maximum absolute atomic E-state index is 14.2. The summed E-state index contributed by atoms with van der Waals surface area (Å²) in [7, 11) is 3.39. The Morgan fingerprint density at radius 2 is 2.09 bits per heavy atom. The van der Waals surface area contributed by atoms with Gasteiger partial charge in [-0.15, -0.1) is 0 Å². The van der Waals surface area contributed by atoms with E-state index in [4.69, 9.17) is 27.8 Å². The van der Waals surface area contributed by atoms with Gasteiger partial charge in [-0.25, -0.2) is 9.97 Å². The zero-order valence-electron chi connectivity index (χ0n) is 19.1. The van der Waals surface area contributed by atoms with Crippen molar-refractivity contribution in [2.24, 2.45) is 23.5 Å². The monoisotopic (exact) mass is 492 g/mol. The molecule has 34 heavy (non-hydrogen) atoms. The highest BCUT2D eigenvalue weighted by molar-refractivity contribution is 6.36. The van der Waals surface area contributed by atoms with Crippen molar-refractivity contribution in [2.45, 2.75) is 38.5 Å². The summed E-state index contributed by atoms with van der Waals surface area (Å²) in [5.41, 5.74) is 11.6. The number of hydrogen-bond donors (Lipinski definition) is 3. The lowest BCUT2D eigenvalue weighted by Crippen LogP contribution is -2.27. The first-order chi connectivity index (χ1) is 16.2. The molecule has 0 aliphatic rings. The third-order valence-electron chi connectivity index (χ3n) is 5.05. The number of aliphatic imine (C=N–C) groups is 1. The second kappa shape index (κ2) is 10.6. The van der Waals surface area contributed by atoms with Gasteiger partial charge in [0.1, 0.15) is 27.9 Å². The van der Waals surface area contributed by atoms with Gasteiger partial charge in [-0.05, 0) is 12.5 Å². The molecule has 182 valence electrons. The summed E-state index contributed by atoms with van der Waals surface area (Å²) in [4.78, 5) is 16.8. The molecule has 0 saturated heterocycles. The molecule has 3 aromatic heterocycles. The second-order valence-corrected chi connectivity index (χ2v) is 7.98. The summed E-state index contributed by atoms with van der Waals surface area (Å²) in [5, 5.41) is 3.17. The quantitative estimate of drug-likeness (QED) is 0.208. The van der Waals surface area contributed by atoms with Crippen molar-refractivity contribution in [1.29, 1.82) is 0 Å². The number of halogens is 3. The molecule has 0 atom stereocenters. The minimum Gasteiger partial charge on any atom is -0.454 e. The summed E-state index contributed by atoms with van der Waals surface area (Å²) in [5.74, 6) is -1.83. The Hall–Kier alpha value is -3.47. The number of nitrogens with zero attached hydrogens (tertiary/aromatic N) is 5. The van der Waals surface area contributed by atoms with Gasteiger partial charge < -0.3 is 26.1 Å². The lowest BCUT2D eigenvalue weighted by atomic mass is 10.1. The van der Waals surface area contributed by atoms with Crippen LogP contribution in [0.15, 0.2) is 41.3 Å². The highest BCUT2D eigenvalue weighted by Gasteiger charge is 2.31. The smallest absolute Gasteiger partial charge is 0.287 e. The predicted molar refractivity (Wildman–Crippen MR) is 130 cm³/mol. The predicted octanol–water partition coefficient (Wildman–Crippen LogP) is 4.90. The molecule has 0 aliphatic heterocycles. The number of nitrogens with one attached hydrogen (secondary N) is 1. The second-order valence-electron chi connectivity index (χ2n) is 7.61.